The first kappa shape index (κ1) is 12.2. The Morgan fingerprint density at radius 2 is 2.22 bits per heavy atom. The van der Waals surface area contributed by atoms with Gasteiger partial charge >= 0.3 is 0 Å². The van der Waals surface area contributed by atoms with Gasteiger partial charge in [-0.2, -0.15) is 0 Å². The first-order chi connectivity index (χ1) is 8.75. The SMILES string of the molecule is Cc1ccccc1C(O)C1CN2CCCC2CO1. The lowest BCUT2D eigenvalue weighted by atomic mass is 9.98. The topological polar surface area (TPSA) is 32.7 Å². The van der Waals surface area contributed by atoms with Crippen LogP contribution in [0.4, 0.5) is 0 Å². The lowest BCUT2D eigenvalue weighted by Gasteiger charge is -2.37. The zero-order valence-electron chi connectivity index (χ0n) is 10.9. The number of hydrogen-bond acceptors (Lipinski definition) is 3. The van der Waals surface area contributed by atoms with E-state index < -0.39 is 6.10 Å². The van der Waals surface area contributed by atoms with E-state index in [2.05, 4.69) is 4.90 Å². The number of fused-ring (bicyclic) bond motifs is 1. The second kappa shape index (κ2) is 5.00. The summed E-state index contributed by atoms with van der Waals surface area (Å²) in [6.45, 7) is 4.83. The number of morpholine rings is 1. The summed E-state index contributed by atoms with van der Waals surface area (Å²) in [7, 11) is 0. The Morgan fingerprint density at radius 3 is 3.06 bits per heavy atom. The molecular formula is C15H21NO2. The van der Waals surface area contributed by atoms with E-state index in [0.717, 1.165) is 30.8 Å². The fourth-order valence-electron chi connectivity index (χ4n) is 3.15. The van der Waals surface area contributed by atoms with E-state index in [9.17, 15) is 5.11 Å². The minimum Gasteiger partial charge on any atom is -0.386 e. The van der Waals surface area contributed by atoms with Crippen LogP contribution in [0.5, 0.6) is 0 Å². The Balaban J connectivity index is 1.73. The lowest BCUT2D eigenvalue weighted by molar-refractivity contribution is -0.103. The average Bonchev–Trinajstić information content (AvgIpc) is 2.85. The molecule has 18 heavy (non-hydrogen) atoms. The van der Waals surface area contributed by atoms with Gasteiger partial charge in [0.1, 0.15) is 12.2 Å². The van der Waals surface area contributed by atoms with Gasteiger partial charge in [-0.1, -0.05) is 24.3 Å². The Morgan fingerprint density at radius 1 is 1.39 bits per heavy atom. The van der Waals surface area contributed by atoms with Crippen molar-refractivity contribution in [1.29, 1.82) is 0 Å². The summed E-state index contributed by atoms with van der Waals surface area (Å²) < 4.78 is 5.87. The van der Waals surface area contributed by atoms with Crippen molar-refractivity contribution in [1.82, 2.24) is 4.90 Å². The zero-order valence-corrected chi connectivity index (χ0v) is 10.9. The first-order valence-electron chi connectivity index (χ1n) is 6.85. The summed E-state index contributed by atoms with van der Waals surface area (Å²) in [6, 6.07) is 8.61. The smallest absolute Gasteiger partial charge is 0.107 e. The van der Waals surface area contributed by atoms with Gasteiger partial charge in [0.2, 0.25) is 0 Å². The molecule has 0 radical (unpaired) electrons. The molecule has 2 aliphatic heterocycles. The van der Waals surface area contributed by atoms with Crippen molar-refractivity contribution in [3.63, 3.8) is 0 Å². The summed E-state index contributed by atoms with van der Waals surface area (Å²) in [4.78, 5) is 2.47. The minimum atomic E-state index is -0.507. The maximum absolute atomic E-state index is 10.5. The first-order valence-corrected chi connectivity index (χ1v) is 6.85. The summed E-state index contributed by atoms with van der Waals surface area (Å²) in [5.41, 5.74) is 2.14. The van der Waals surface area contributed by atoms with E-state index >= 15 is 0 Å². The summed E-state index contributed by atoms with van der Waals surface area (Å²) in [5, 5.41) is 10.5. The molecule has 1 aromatic rings. The van der Waals surface area contributed by atoms with E-state index in [1.54, 1.807) is 0 Å². The molecule has 3 atom stereocenters. The standard InChI is InChI=1S/C15H21NO2/c1-11-5-2-3-7-13(11)15(17)14-9-16-8-4-6-12(16)10-18-14/h2-3,5,7,12,14-15,17H,4,6,8-10H2,1H3. The highest BCUT2D eigenvalue weighted by atomic mass is 16.5. The van der Waals surface area contributed by atoms with E-state index in [-0.39, 0.29) is 6.10 Å². The van der Waals surface area contributed by atoms with Gasteiger partial charge in [0, 0.05) is 12.6 Å². The average molecular weight is 247 g/mol. The zero-order chi connectivity index (χ0) is 12.5. The number of aliphatic hydroxyl groups excluding tert-OH is 1. The van der Waals surface area contributed by atoms with Gasteiger partial charge < -0.3 is 9.84 Å². The van der Waals surface area contributed by atoms with Crippen LogP contribution in [-0.2, 0) is 4.74 Å². The van der Waals surface area contributed by atoms with Crippen molar-refractivity contribution < 1.29 is 9.84 Å². The predicted molar refractivity (Wildman–Crippen MR) is 70.5 cm³/mol. The predicted octanol–water partition coefficient (Wildman–Crippen LogP) is 1.89. The van der Waals surface area contributed by atoms with Crippen LogP contribution in [0, 0.1) is 6.92 Å². The molecule has 0 amide bonds. The minimum absolute atomic E-state index is 0.0829. The quantitative estimate of drug-likeness (QED) is 0.866. The van der Waals surface area contributed by atoms with Gasteiger partial charge in [0.25, 0.3) is 0 Å². The number of aryl methyl sites for hydroxylation is 1. The molecule has 0 saturated carbocycles. The highest BCUT2D eigenvalue weighted by Crippen LogP contribution is 2.29. The van der Waals surface area contributed by atoms with Crippen LogP contribution in [0.1, 0.15) is 30.1 Å². The molecule has 2 fully saturated rings. The molecule has 3 unspecified atom stereocenters. The van der Waals surface area contributed by atoms with Crippen LogP contribution in [0.15, 0.2) is 24.3 Å². The molecule has 0 bridgehead atoms. The summed E-state index contributed by atoms with van der Waals surface area (Å²) in [6.07, 6.45) is 1.92. The number of nitrogens with zero attached hydrogens (tertiary/aromatic N) is 1. The molecule has 3 heteroatoms. The maximum Gasteiger partial charge on any atom is 0.107 e. The number of hydrogen-bond donors (Lipinski definition) is 1. The van der Waals surface area contributed by atoms with E-state index in [1.165, 1.54) is 12.8 Å². The van der Waals surface area contributed by atoms with Crippen molar-refractivity contribution in [2.24, 2.45) is 0 Å². The van der Waals surface area contributed by atoms with Crippen molar-refractivity contribution >= 4 is 0 Å². The van der Waals surface area contributed by atoms with Crippen molar-refractivity contribution in [3.05, 3.63) is 35.4 Å². The third-order valence-electron chi connectivity index (χ3n) is 4.28. The summed E-state index contributed by atoms with van der Waals surface area (Å²) in [5.74, 6) is 0. The fraction of sp³-hybridized carbons (Fsp3) is 0.600. The highest BCUT2D eigenvalue weighted by Gasteiger charge is 2.35. The van der Waals surface area contributed by atoms with Crippen molar-refractivity contribution in [2.75, 3.05) is 19.7 Å². The lowest BCUT2D eigenvalue weighted by Crippen LogP contribution is -2.48. The van der Waals surface area contributed by atoms with Gasteiger partial charge in [-0.3, -0.25) is 4.90 Å². The summed E-state index contributed by atoms with van der Waals surface area (Å²) >= 11 is 0. The number of benzene rings is 1. The van der Waals surface area contributed by atoms with Crippen LogP contribution in [0.25, 0.3) is 0 Å². The van der Waals surface area contributed by atoms with Crippen LogP contribution in [0.2, 0.25) is 0 Å². The molecule has 0 aromatic heterocycles. The second-order valence-electron chi connectivity index (χ2n) is 5.46. The van der Waals surface area contributed by atoms with Crippen LogP contribution >= 0.6 is 0 Å². The molecule has 1 aromatic carbocycles. The van der Waals surface area contributed by atoms with Crippen LogP contribution in [0.3, 0.4) is 0 Å². The van der Waals surface area contributed by atoms with E-state index in [4.69, 9.17) is 4.74 Å². The number of rotatable bonds is 2. The van der Waals surface area contributed by atoms with E-state index in [1.807, 2.05) is 31.2 Å². The third-order valence-corrected chi connectivity index (χ3v) is 4.28. The van der Waals surface area contributed by atoms with E-state index in [0.29, 0.717) is 6.04 Å². The molecule has 2 heterocycles. The molecule has 2 aliphatic rings. The molecule has 0 aliphatic carbocycles. The fourth-order valence-corrected chi connectivity index (χ4v) is 3.15. The molecule has 0 spiro atoms. The third kappa shape index (κ3) is 2.18. The molecule has 98 valence electrons. The van der Waals surface area contributed by atoms with Gasteiger partial charge in [-0.15, -0.1) is 0 Å². The van der Waals surface area contributed by atoms with Gasteiger partial charge in [-0.05, 0) is 37.4 Å². The Labute approximate surface area is 108 Å². The Bertz CT molecular complexity index is 421. The maximum atomic E-state index is 10.5. The molecule has 3 nitrogen and oxygen atoms in total. The Hall–Kier alpha value is -0.900. The molecule has 1 N–H and O–H groups in total. The normalized spacial score (nSPS) is 30.1. The van der Waals surface area contributed by atoms with Gasteiger partial charge in [-0.25, -0.2) is 0 Å². The van der Waals surface area contributed by atoms with Crippen LogP contribution < -0.4 is 0 Å². The molecule has 2 saturated heterocycles. The highest BCUT2D eigenvalue weighted by molar-refractivity contribution is 5.28. The van der Waals surface area contributed by atoms with Crippen molar-refractivity contribution in [3.8, 4) is 0 Å². The molecule has 3 rings (SSSR count). The molecular weight excluding hydrogens is 226 g/mol. The largest absolute Gasteiger partial charge is 0.386 e. The van der Waals surface area contributed by atoms with Crippen molar-refractivity contribution in [2.45, 2.75) is 38.0 Å². The number of aliphatic hydroxyl groups is 1. The van der Waals surface area contributed by atoms with Gasteiger partial charge in [0.05, 0.1) is 6.61 Å². The Kier molecular flexibility index (Phi) is 3.37. The second-order valence-corrected chi connectivity index (χ2v) is 5.46. The number of ether oxygens (including phenoxy) is 1. The van der Waals surface area contributed by atoms with Crippen LogP contribution in [-0.4, -0.2) is 41.8 Å². The van der Waals surface area contributed by atoms with Gasteiger partial charge in [0.15, 0.2) is 0 Å². The monoisotopic (exact) mass is 247 g/mol.